The summed E-state index contributed by atoms with van der Waals surface area (Å²) in [5.74, 6) is 0.694. The van der Waals surface area contributed by atoms with Crippen molar-refractivity contribution in [2.45, 2.75) is 36.6 Å². The highest BCUT2D eigenvalue weighted by molar-refractivity contribution is 7.99. The van der Waals surface area contributed by atoms with Gasteiger partial charge in [0.15, 0.2) is 5.78 Å². The number of benzene rings is 2. The summed E-state index contributed by atoms with van der Waals surface area (Å²) in [6.07, 6.45) is 2.74. The van der Waals surface area contributed by atoms with Crippen LogP contribution in [-0.4, -0.2) is 10.4 Å². The molecule has 2 aromatic carbocycles. The summed E-state index contributed by atoms with van der Waals surface area (Å²) >= 11 is 1.75. The first-order chi connectivity index (χ1) is 11.1. The second kappa shape index (κ2) is 7.05. The number of Topliss-reactive ketones (excluding diaryl/α,β-unsaturated/α-hetero) is 1. The van der Waals surface area contributed by atoms with E-state index in [1.807, 2.05) is 24.3 Å². The van der Waals surface area contributed by atoms with E-state index in [1.54, 1.807) is 11.8 Å². The van der Waals surface area contributed by atoms with Crippen molar-refractivity contribution in [3.8, 4) is 0 Å². The van der Waals surface area contributed by atoms with Crippen LogP contribution in [0.3, 0.4) is 0 Å². The molecule has 0 unspecified atom stereocenters. The van der Waals surface area contributed by atoms with Crippen LogP contribution < -0.4 is 0 Å². The number of aromatic nitrogens is 1. The van der Waals surface area contributed by atoms with Crippen LogP contribution >= 0.6 is 11.8 Å². The van der Waals surface area contributed by atoms with Crippen molar-refractivity contribution >= 4 is 28.4 Å². The van der Waals surface area contributed by atoms with Crippen LogP contribution in [0.5, 0.6) is 0 Å². The Labute approximate surface area is 141 Å². The van der Waals surface area contributed by atoms with Crippen LogP contribution in [0.15, 0.2) is 70.6 Å². The summed E-state index contributed by atoms with van der Waals surface area (Å²) < 4.78 is 2.09. The third-order valence-corrected chi connectivity index (χ3v) is 4.76. The van der Waals surface area contributed by atoms with E-state index in [-0.39, 0.29) is 5.78 Å². The zero-order valence-corrected chi connectivity index (χ0v) is 14.3. The van der Waals surface area contributed by atoms with Crippen molar-refractivity contribution < 1.29 is 4.79 Å². The topological polar surface area (TPSA) is 22.0 Å². The van der Waals surface area contributed by atoms with Gasteiger partial charge in [0.25, 0.3) is 0 Å². The molecule has 0 saturated carbocycles. The van der Waals surface area contributed by atoms with E-state index in [1.165, 1.54) is 15.2 Å². The largest absolute Gasteiger partial charge is 0.339 e. The van der Waals surface area contributed by atoms with Gasteiger partial charge < -0.3 is 4.57 Å². The van der Waals surface area contributed by atoms with Gasteiger partial charge in [-0.1, -0.05) is 62.0 Å². The summed E-state index contributed by atoms with van der Waals surface area (Å²) in [5.41, 5.74) is 1.13. The van der Waals surface area contributed by atoms with Gasteiger partial charge in [-0.15, -0.1) is 0 Å². The summed E-state index contributed by atoms with van der Waals surface area (Å²) in [6, 6.07) is 18.7. The van der Waals surface area contributed by atoms with E-state index in [0.29, 0.717) is 18.9 Å². The van der Waals surface area contributed by atoms with Crippen LogP contribution in [-0.2, 0) is 11.3 Å². The zero-order valence-electron chi connectivity index (χ0n) is 13.5. The van der Waals surface area contributed by atoms with E-state index >= 15 is 0 Å². The van der Waals surface area contributed by atoms with E-state index in [0.717, 1.165) is 5.52 Å². The molecule has 1 heterocycles. The number of carbonyl (C=O) groups is 1. The highest BCUT2D eigenvalue weighted by Gasteiger charge is 2.12. The molecule has 23 heavy (non-hydrogen) atoms. The first-order valence-electron chi connectivity index (χ1n) is 7.96. The lowest BCUT2D eigenvalue weighted by atomic mass is 10.1. The lowest BCUT2D eigenvalue weighted by molar-refractivity contribution is -0.120. The third-order valence-electron chi connectivity index (χ3n) is 3.71. The van der Waals surface area contributed by atoms with Crippen LogP contribution in [0.4, 0.5) is 0 Å². The highest BCUT2D eigenvalue weighted by atomic mass is 32.2. The van der Waals surface area contributed by atoms with Crippen molar-refractivity contribution in [2.75, 3.05) is 0 Å². The second-order valence-electron chi connectivity index (χ2n) is 6.19. The lowest BCUT2D eigenvalue weighted by Gasteiger charge is -2.06. The number of para-hydroxylation sites is 1. The SMILES string of the molecule is CC(C)CC(=O)Cn1cc(Sc2ccccc2)c2ccccc21. The van der Waals surface area contributed by atoms with E-state index in [2.05, 4.69) is 54.9 Å². The molecule has 3 heteroatoms. The van der Waals surface area contributed by atoms with E-state index in [9.17, 15) is 4.79 Å². The molecule has 0 atom stereocenters. The molecule has 0 radical (unpaired) electrons. The van der Waals surface area contributed by atoms with E-state index in [4.69, 9.17) is 0 Å². The van der Waals surface area contributed by atoms with Crippen molar-refractivity contribution in [1.29, 1.82) is 0 Å². The predicted molar refractivity (Wildman–Crippen MR) is 97.0 cm³/mol. The van der Waals surface area contributed by atoms with E-state index < -0.39 is 0 Å². The van der Waals surface area contributed by atoms with Crippen LogP contribution in [0.25, 0.3) is 10.9 Å². The maximum atomic E-state index is 12.2. The number of hydrogen-bond acceptors (Lipinski definition) is 2. The number of ketones is 1. The molecule has 0 fully saturated rings. The minimum absolute atomic E-state index is 0.289. The van der Waals surface area contributed by atoms with Crippen molar-refractivity contribution in [1.82, 2.24) is 4.57 Å². The smallest absolute Gasteiger partial charge is 0.152 e. The second-order valence-corrected chi connectivity index (χ2v) is 7.31. The number of hydrogen-bond donors (Lipinski definition) is 0. The minimum atomic E-state index is 0.289. The molecule has 0 aliphatic carbocycles. The number of fused-ring (bicyclic) bond motifs is 1. The first kappa shape index (κ1) is 15.9. The summed E-state index contributed by atoms with van der Waals surface area (Å²) in [4.78, 5) is 14.6. The molecule has 0 amide bonds. The van der Waals surface area contributed by atoms with Crippen molar-refractivity contribution in [2.24, 2.45) is 5.92 Å². The van der Waals surface area contributed by atoms with Gasteiger partial charge in [0.05, 0.1) is 6.54 Å². The monoisotopic (exact) mass is 323 g/mol. The maximum absolute atomic E-state index is 12.2. The summed E-state index contributed by atoms with van der Waals surface area (Å²) in [7, 11) is 0. The van der Waals surface area contributed by atoms with Gasteiger partial charge in [-0.2, -0.15) is 0 Å². The van der Waals surface area contributed by atoms with Crippen LogP contribution in [0.1, 0.15) is 20.3 Å². The number of rotatable bonds is 6. The Hall–Kier alpha value is -2.00. The first-order valence-corrected chi connectivity index (χ1v) is 8.77. The van der Waals surface area contributed by atoms with Crippen LogP contribution in [0.2, 0.25) is 0 Å². The summed E-state index contributed by atoms with van der Waals surface area (Å²) in [5, 5.41) is 1.21. The Morgan fingerprint density at radius 2 is 1.74 bits per heavy atom. The van der Waals surface area contributed by atoms with Crippen LogP contribution in [0, 0.1) is 5.92 Å². The van der Waals surface area contributed by atoms with Gasteiger partial charge in [-0.05, 0) is 24.1 Å². The molecular weight excluding hydrogens is 302 g/mol. The Morgan fingerprint density at radius 3 is 2.48 bits per heavy atom. The normalized spacial score (nSPS) is 11.3. The Morgan fingerprint density at radius 1 is 1.04 bits per heavy atom. The Bertz CT molecular complexity index is 805. The highest BCUT2D eigenvalue weighted by Crippen LogP contribution is 2.34. The molecule has 1 aromatic heterocycles. The molecule has 3 rings (SSSR count). The quantitative estimate of drug-likeness (QED) is 0.605. The van der Waals surface area contributed by atoms with Gasteiger partial charge in [-0.25, -0.2) is 0 Å². The molecule has 0 N–H and O–H groups in total. The lowest BCUT2D eigenvalue weighted by Crippen LogP contribution is -2.11. The molecule has 3 aromatic rings. The van der Waals surface area contributed by atoms with Gasteiger partial charge in [0.1, 0.15) is 0 Å². The van der Waals surface area contributed by atoms with Gasteiger partial charge in [-0.3, -0.25) is 4.79 Å². The fourth-order valence-electron chi connectivity index (χ4n) is 2.75. The van der Waals surface area contributed by atoms with Gasteiger partial charge in [0.2, 0.25) is 0 Å². The molecule has 0 aliphatic rings. The fraction of sp³-hybridized carbons (Fsp3) is 0.250. The molecule has 0 aliphatic heterocycles. The standard InChI is InChI=1S/C20H21NOS/c1-15(2)12-16(22)13-21-14-20(18-10-6-7-11-19(18)21)23-17-8-4-3-5-9-17/h3-11,14-15H,12-13H2,1-2H3. The predicted octanol–water partition coefficient (Wildman–Crippen LogP) is 5.41. The zero-order chi connectivity index (χ0) is 16.2. The molecule has 0 saturated heterocycles. The maximum Gasteiger partial charge on any atom is 0.152 e. The average molecular weight is 323 g/mol. The van der Waals surface area contributed by atoms with Gasteiger partial charge >= 0.3 is 0 Å². The van der Waals surface area contributed by atoms with Crippen molar-refractivity contribution in [3.05, 3.63) is 60.8 Å². The molecule has 0 bridgehead atoms. The number of carbonyl (C=O) groups excluding carboxylic acids is 1. The molecule has 118 valence electrons. The average Bonchev–Trinajstić information content (AvgIpc) is 2.86. The van der Waals surface area contributed by atoms with Crippen molar-refractivity contribution in [3.63, 3.8) is 0 Å². The number of nitrogens with zero attached hydrogens (tertiary/aromatic N) is 1. The Balaban J connectivity index is 1.92. The third kappa shape index (κ3) is 3.85. The molecular formula is C20H21NOS. The molecule has 2 nitrogen and oxygen atoms in total. The fourth-order valence-corrected chi connectivity index (χ4v) is 3.76. The van der Waals surface area contributed by atoms with Gasteiger partial charge in [0, 0.05) is 33.3 Å². The molecule has 0 spiro atoms. The Kier molecular flexibility index (Phi) is 4.87. The summed E-state index contributed by atoms with van der Waals surface area (Å²) in [6.45, 7) is 4.62. The minimum Gasteiger partial charge on any atom is -0.339 e.